The third-order valence-corrected chi connectivity index (χ3v) is 4.10. The van der Waals surface area contributed by atoms with Crippen LogP contribution in [0.3, 0.4) is 0 Å². The Balaban J connectivity index is 1.98. The number of thiophene rings is 1. The molecule has 2 N–H and O–H groups in total. The van der Waals surface area contributed by atoms with Crippen LogP contribution in [-0.2, 0) is 11.3 Å². The van der Waals surface area contributed by atoms with E-state index in [0.29, 0.717) is 13.0 Å². The monoisotopic (exact) mass is 289 g/mol. The molecule has 2 aromatic rings. The van der Waals surface area contributed by atoms with Gasteiger partial charge in [0.15, 0.2) is 0 Å². The summed E-state index contributed by atoms with van der Waals surface area (Å²) in [6.07, 6.45) is 1.52. The third-order valence-electron chi connectivity index (χ3n) is 3.16. The normalized spacial score (nSPS) is 12.2. The number of carboxylic acid groups (broad SMARTS) is 1. The molecule has 3 nitrogen and oxygen atoms in total. The van der Waals surface area contributed by atoms with Gasteiger partial charge >= 0.3 is 5.97 Å². The molecule has 0 saturated heterocycles. The topological polar surface area (TPSA) is 49.3 Å². The molecule has 20 heavy (non-hydrogen) atoms. The van der Waals surface area contributed by atoms with Crippen LogP contribution in [0, 0.1) is 0 Å². The number of hydrogen-bond donors (Lipinski definition) is 2. The largest absolute Gasteiger partial charge is 0.480 e. The van der Waals surface area contributed by atoms with Gasteiger partial charge in [-0.1, -0.05) is 43.7 Å². The Morgan fingerprint density at radius 2 is 2.05 bits per heavy atom. The number of benzene rings is 1. The highest BCUT2D eigenvalue weighted by atomic mass is 32.1. The molecule has 2 rings (SSSR count). The number of carbonyl (C=O) groups is 1. The molecule has 1 atom stereocenters. The van der Waals surface area contributed by atoms with Gasteiger partial charge in [0.2, 0.25) is 0 Å². The lowest BCUT2D eigenvalue weighted by atomic mass is 10.1. The van der Waals surface area contributed by atoms with Crippen molar-refractivity contribution in [3.63, 3.8) is 0 Å². The minimum atomic E-state index is -0.772. The molecule has 0 fully saturated rings. The molecule has 1 aromatic heterocycles. The first-order valence-corrected chi connectivity index (χ1v) is 7.67. The van der Waals surface area contributed by atoms with Crippen LogP contribution in [0.4, 0.5) is 0 Å². The first kappa shape index (κ1) is 14.8. The van der Waals surface area contributed by atoms with E-state index < -0.39 is 12.0 Å². The first-order valence-electron chi connectivity index (χ1n) is 6.79. The van der Waals surface area contributed by atoms with Crippen LogP contribution in [0.1, 0.15) is 24.6 Å². The maximum Gasteiger partial charge on any atom is 0.320 e. The number of hydrogen-bond acceptors (Lipinski definition) is 3. The van der Waals surface area contributed by atoms with E-state index in [-0.39, 0.29) is 0 Å². The predicted octanol–water partition coefficient (Wildman–Crippen LogP) is 3.76. The summed E-state index contributed by atoms with van der Waals surface area (Å²) in [5.41, 5.74) is 2.38. The van der Waals surface area contributed by atoms with Crippen molar-refractivity contribution in [1.29, 1.82) is 0 Å². The molecule has 0 aliphatic heterocycles. The Hall–Kier alpha value is -1.65. The van der Waals surface area contributed by atoms with Gasteiger partial charge in [-0.05, 0) is 29.0 Å². The van der Waals surface area contributed by atoms with Gasteiger partial charge < -0.3 is 5.11 Å². The highest BCUT2D eigenvalue weighted by Gasteiger charge is 2.15. The third kappa shape index (κ3) is 3.92. The fourth-order valence-electron chi connectivity index (χ4n) is 2.08. The zero-order valence-corrected chi connectivity index (χ0v) is 12.3. The van der Waals surface area contributed by atoms with Crippen molar-refractivity contribution in [1.82, 2.24) is 5.32 Å². The summed E-state index contributed by atoms with van der Waals surface area (Å²) in [5.74, 6) is -0.772. The zero-order valence-electron chi connectivity index (χ0n) is 11.5. The van der Waals surface area contributed by atoms with Gasteiger partial charge in [-0.3, -0.25) is 10.1 Å². The van der Waals surface area contributed by atoms with E-state index in [9.17, 15) is 4.79 Å². The fourth-order valence-corrected chi connectivity index (χ4v) is 2.92. The Morgan fingerprint density at radius 1 is 1.30 bits per heavy atom. The van der Waals surface area contributed by atoms with Crippen molar-refractivity contribution in [3.05, 3.63) is 46.7 Å². The van der Waals surface area contributed by atoms with Gasteiger partial charge in [0.25, 0.3) is 0 Å². The summed E-state index contributed by atoms with van der Waals surface area (Å²) in [7, 11) is 0. The Morgan fingerprint density at radius 3 is 2.70 bits per heavy atom. The van der Waals surface area contributed by atoms with Crippen molar-refractivity contribution in [2.24, 2.45) is 0 Å². The van der Waals surface area contributed by atoms with Gasteiger partial charge in [0.05, 0.1) is 0 Å². The van der Waals surface area contributed by atoms with Crippen molar-refractivity contribution in [3.8, 4) is 11.1 Å². The van der Waals surface area contributed by atoms with Crippen molar-refractivity contribution >= 4 is 17.3 Å². The minimum Gasteiger partial charge on any atom is -0.480 e. The summed E-state index contributed by atoms with van der Waals surface area (Å²) in [4.78, 5) is 12.2. The number of aliphatic carboxylic acids is 1. The Labute approximate surface area is 123 Å². The molecule has 1 aromatic carbocycles. The van der Waals surface area contributed by atoms with Gasteiger partial charge in [0, 0.05) is 11.4 Å². The fraction of sp³-hybridized carbons (Fsp3) is 0.312. The smallest absolute Gasteiger partial charge is 0.320 e. The highest BCUT2D eigenvalue weighted by Crippen LogP contribution is 2.25. The molecule has 106 valence electrons. The molecule has 1 heterocycles. The van der Waals surface area contributed by atoms with Crippen LogP contribution in [-0.4, -0.2) is 17.1 Å². The quantitative estimate of drug-likeness (QED) is 0.816. The highest BCUT2D eigenvalue weighted by molar-refractivity contribution is 7.10. The Bertz CT molecular complexity index is 551. The maximum atomic E-state index is 11.1. The lowest BCUT2D eigenvalue weighted by Crippen LogP contribution is -2.35. The van der Waals surface area contributed by atoms with Crippen LogP contribution in [0.5, 0.6) is 0 Å². The van der Waals surface area contributed by atoms with E-state index in [1.165, 1.54) is 11.1 Å². The van der Waals surface area contributed by atoms with Crippen LogP contribution < -0.4 is 5.32 Å². The molecule has 4 heteroatoms. The van der Waals surface area contributed by atoms with E-state index in [1.54, 1.807) is 11.3 Å². The van der Waals surface area contributed by atoms with Crippen molar-refractivity contribution < 1.29 is 9.90 Å². The zero-order chi connectivity index (χ0) is 14.4. The van der Waals surface area contributed by atoms with E-state index in [4.69, 9.17) is 5.11 Å². The van der Waals surface area contributed by atoms with E-state index >= 15 is 0 Å². The summed E-state index contributed by atoms with van der Waals surface area (Å²) in [6, 6.07) is 11.9. The Kier molecular flexibility index (Phi) is 5.32. The molecule has 0 aliphatic rings. The lowest BCUT2D eigenvalue weighted by molar-refractivity contribution is -0.139. The summed E-state index contributed by atoms with van der Waals surface area (Å²) < 4.78 is 0. The number of carboxylic acids is 1. The molecule has 0 saturated carbocycles. The van der Waals surface area contributed by atoms with Crippen LogP contribution in [0.15, 0.2) is 41.8 Å². The number of nitrogens with one attached hydrogen (secondary N) is 1. The van der Waals surface area contributed by atoms with Crippen LogP contribution >= 0.6 is 11.3 Å². The predicted molar refractivity (Wildman–Crippen MR) is 82.9 cm³/mol. The van der Waals surface area contributed by atoms with E-state index in [1.807, 2.05) is 25.1 Å². The average Bonchev–Trinajstić information content (AvgIpc) is 2.93. The van der Waals surface area contributed by atoms with Gasteiger partial charge in [-0.15, -0.1) is 11.3 Å². The molecular weight excluding hydrogens is 270 g/mol. The summed E-state index contributed by atoms with van der Waals surface area (Å²) >= 11 is 1.66. The second-order valence-electron chi connectivity index (χ2n) is 4.73. The number of rotatable bonds is 7. The van der Waals surface area contributed by atoms with Crippen LogP contribution in [0.25, 0.3) is 11.1 Å². The van der Waals surface area contributed by atoms with Gasteiger partial charge in [-0.25, -0.2) is 0 Å². The molecule has 1 unspecified atom stereocenters. The van der Waals surface area contributed by atoms with Crippen molar-refractivity contribution in [2.45, 2.75) is 32.4 Å². The van der Waals surface area contributed by atoms with Gasteiger partial charge in [-0.2, -0.15) is 0 Å². The second-order valence-corrected chi connectivity index (χ2v) is 5.72. The summed E-state index contributed by atoms with van der Waals surface area (Å²) in [5, 5.41) is 14.3. The minimum absolute atomic E-state index is 0.456. The maximum absolute atomic E-state index is 11.1. The lowest BCUT2D eigenvalue weighted by Gasteiger charge is -2.12. The van der Waals surface area contributed by atoms with E-state index in [0.717, 1.165) is 11.3 Å². The van der Waals surface area contributed by atoms with Crippen LogP contribution in [0.2, 0.25) is 0 Å². The molecule has 0 aliphatic carbocycles. The van der Waals surface area contributed by atoms with Crippen molar-refractivity contribution in [2.75, 3.05) is 0 Å². The standard InChI is InChI=1S/C16H19NO2S/c1-2-6-15(16(18)19)17-10-14-9-13(11-20-14)12-7-4-3-5-8-12/h3-5,7-9,11,15,17H,2,6,10H2,1H3,(H,18,19). The molecular formula is C16H19NO2S. The summed E-state index contributed by atoms with van der Waals surface area (Å²) in [6.45, 7) is 2.60. The van der Waals surface area contributed by atoms with Gasteiger partial charge in [0.1, 0.15) is 6.04 Å². The molecule has 0 amide bonds. The molecule has 0 bridgehead atoms. The molecule has 0 spiro atoms. The first-order chi connectivity index (χ1) is 9.70. The average molecular weight is 289 g/mol. The molecule has 0 radical (unpaired) electrons. The van der Waals surface area contributed by atoms with E-state index in [2.05, 4.69) is 28.9 Å². The second kappa shape index (κ2) is 7.22. The SMILES string of the molecule is CCCC(NCc1cc(-c2ccccc2)cs1)C(=O)O.